The first kappa shape index (κ1) is 22.7. The second-order valence-corrected chi connectivity index (χ2v) is 7.63. The second kappa shape index (κ2) is 10.8. The summed E-state index contributed by atoms with van der Waals surface area (Å²) in [5.74, 6) is -0.171. The van der Waals surface area contributed by atoms with E-state index < -0.39 is 12.1 Å². The van der Waals surface area contributed by atoms with Crippen molar-refractivity contribution in [1.82, 2.24) is 15.5 Å². The number of nitrogens with zero attached hydrogens (tertiary/aromatic N) is 1. The Labute approximate surface area is 177 Å². The highest BCUT2D eigenvalue weighted by molar-refractivity contribution is 6.30. The van der Waals surface area contributed by atoms with E-state index in [1.165, 1.54) is 5.56 Å². The van der Waals surface area contributed by atoms with Crippen molar-refractivity contribution >= 4 is 23.5 Å². The van der Waals surface area contributed by atoms with Gasteiger partial charge in [-0.25, -0.2) is 4.79 Å². The molecular formula is C22H29ClN4O2. The number of carbonyl (C=O) groups is 2. The van der Waals surface area contributed by atoms with Gasteiger partial charge >= 0.3 is 6.03 Å². The molecule has 2 aromatic rings. The van der Waals surface area contributed by atoms with Crippen LogP contribution in [0.15, 0.2) is 48.5 Å². The molecule has 29 heavy (non-hydrogen) atoms. The van der Waals surface area contributed by atoms with E-state index in [1.807, 2.05) is 14.1 Å². The number of nitrogens with one attached hydrogen (secondary N) is 2. The van der Waals surface area contributed by atoms with E-state index in [4.69, 9.17) is 17.3 Å². The zero-order valence-electron chi connectivity index (χ0n) is 17.1. The Kier molecular flexibility index (Phi) is 8.49. The topological polar surface area (TPSA) is 87.5 Å². The van der Waals surface area contributed by atoms with Crippen LogP contribution in [0.2, 0.25) is 5.02 Å². The first-order valence-electron chi connectivity index (χ1n) is 9.63. The lowest BCUT2D eigenvalue weighted by atomic mass is 10.0. The molecule has 3 amide bonds. The summed E-state index contributed by atoms with van der Waals surface area (Å²) >= 11 is 5.92. The quantitative estimate of drug-likeness (QED) is 0.585. The zero-order chi connectivity index (χ0) is 21.4. The summed E-state index contributed by atoms with van der Waals surface area (Å²) in [6.45, 7) is 2.58. The van der Waals surface area contributed by atoms with Gasteiger partial charge in [-0.15, -0.1) is 0 Å². The van der Waals surface area contributed by atoms with Crippen molar-refractivity contribution in [3.63, 3.8) is 0 Å². The van der Waals surface area contributed by atoms with Gasteiger partial charge in [0.05, 0.1) is 18.5 Å². The molecule has 0 fully saturated rings. The number of primary amides is 1. The molecule has 0 heterocycles. The summed E-state index contributed by atoms with van der Waals surface area (Å²) < 4.78 is 0. The number of amides is 3. The van der Waals surface area contributed by atoms with Gasteiger partial charge in [-0.05, 0) is 49.3 Å². The average Bonchev–Trinajstić information content (AvgIpc) is 2.68. The molecule has 0 saturated carbocycles. The molecule has 156 valence electrons. The van der Waals surface area contributed by atoms with Crippen molar-refractivity contribution < 1.29 is 9.59 Å². The van der Waals surface area contributed by atoms with Crippen molar-refractivity contribution in [2.75, 3.05) is 20.6 Å². The predicted molar refractivity (Wildman–Crippen MR) is 117 cm³/mol. The normalized spacial score (nSPS) is 13.0. The number of benzene rings is 2. The predicted octanol–water partition coefficient (Wildman–Crippen LogP) is 3.42. The van der Waals surface area contributed by atoms with Crippen LogP contribution >= 0.6 is 11.6 Å². The van der Waals surface area contributed by atoms with Crippen molar-refractivity contribution in [3.05, 3.63) is 70.2 Å². The Balaban J connectivity index is 2.03. The maximum Gasteiger partial charge on any atom is 0.312 e. The van der Waals surface area contributed by atoms with Crippen LogP contribution in [0.4, 0.5) is 4.79 Å². The molecule has 4 N–H and O–H groups in total. The Morgan fingerprint density at radius 3 is 2.14 bits per heavy atom. The molecule has 2 atom stereocenters. The molecule has 2 unspecified atom stereocenters. The minimum atomic E-state index is -0.681. The zero-order valence-corrected chi connectivity index (χ0v) is 17.9. The molecule has 0 saturated heterocycles. The van der Waals surface area contributed by atoms with E-state index in [1.54, 1.807) is 24.3 Å². The third-order valence-electron chi connectivity index (χ3n) is 4.87. The smallest absolute Gasteiger partial charge is 0.312 e. The molecule has 0 aliphatic carbocycles. The van der Waals surface area contributed by atoms with E-state index in [-0.39, 0.29) is 18.4 Å². The molecule has 0 radical (unpaired) electrons. The van der Waals surface area contributed by atoms with E-state index in [2.05, 4.69) is 46.7 Å². The van der Waals surface area contributed by atoms with Crippen LogP contribution in [0.1, 0.15) is 42.1 Å². The van der Waals surface area contributed by atoms with Crippen LogP contribution < -0.4 is 16.4 Å². The molecule has 0 spiro atoms. The van der Waals surface area contributed by atoms with Gasteiger partial charge in [-0.3, -0.25) is 4.79 Å². The largest absolute Gasteiger partial charge is 0.354 e. The van der Waals surface area contributed by atoms with Gasteiger partial charge < -0.3 is 21.3 Å². The fraction of sp³-hybridized carbons (Fsp3) is 0.364. The summed E-state index contributed by atoms with van der Waals surface area (Å²) in [5, 5.41) is 6.19. The van der Waals surface area contributed by atoms with Crippen molar-refractivity contribution in [3.8, 4) is 0 Å². The fourth-order valence-corrected chi connectivity index (χ4v) is 3.29. The number of urea groups is 1. The van der Waals surface area contributed by atoms with E-state index in [0.717, 1.165) is 17.5 Å². The van der Waals surface area contributed by atoms with Crippen molar-refractivity contribution in [1.29, 1.82) is 0 Å². The molecule has 0 aromatic heterocycles. The second-order valence-electron chi connectivity index (χ2n) is 7.20. The molecular weight excluding hydrogens is 388 g/mol. The van der Waals surface area contributed by atoms with E-state index >= 15 is 0 Å². The first-order valence-corrected chi connectivity index (χ1v) is 10.0. The number of rotatable bonds is 9. The Morgan fingerprint density at radius 2 is 1.62 bits per heavy atom. The number of hydrogen-bond acceptors (Lipinski definition) is 3. The third-order valence-corrected chi connectivity index (χ3v) is 5.12. The van der Waals surface area contributed by atoms with Crippen molar-refractivity contribution in [2.45, 2.75) is 31.8 Å². The highest BCUT2D eigenvalue weighted by Gasteiger charge is 2.20. The van der Waals surface area contributed by atoms with Crippen LogP contribution in [0, 0.1) is 0 Å². The molecule has 2 aromatic carbocycles. The number of nitrogens with two attached hydrogens (primary N) is 1. The third kappa shape index (κ3) is 7.07. The first-order chi connectivity index (χ1) is 13.8. The number of halogens is 1. The average molecular weight is 417 g/mol. The van der Waals surface area contributed by atoms with E-state index in [9.17, 15) is 9.59 Å². The Hall–Kier alpha value is -2.57. The van der Waals surface area contributed by atoms with Crippen molar-refractivity contribution in [2.24, 2.45) is 5.73 Å². The number of hydrogen-bond donors (Lipinski definition) is 3. The lowest BCUT2D eigenvalue weighted by Crippen LogP contribution is -2.39. The van der Waals surface area contributed by atoms with Gasteiger partial charge in [0.15, 0.2) is 0 Å². The minimum Gasteiger partial charge on any atom is -0.354 e. The van der Waals surface area contributed by atoms with Gasteiger partial charge in [0.25, 0.3) is 0 Å². The number of likely N-dealkylation sites (N-methyl/N-ethyl adjacent to an activating group) is 1. The molecule has 7 heteroatoms. The Morgan fingerprint density at radius 1 is 1.03 bits per heavy atom. The minimum absolute atomic E-state index is 0.0444. The van der Waals surface area contributed by atoms with Crippen LogP contribution in [-0.2, 0) is 11.2 Å². The fourth-order valence-electron chi connectivity index (χ4n) is 3.16. The van der Waals surface area contributed by atoms with Gasteiger partial charge in [0.2, 0.25) is 5.91 Å². The molecule has 0 bridgehead atoms. The summed E-state index contributed by atoms with van der Waals surface area (Å²) in [6.07, 6.45) is 1.07. The lowest BCUT2D eigenvalue weighted by molar-refractivity contribution is -0.121. The number of aryl methyl sites for hydroxylation is 1. The highest BCUT2D eigenvalue weighted by atomic mass is 35.5. The molecule has 2 rings (SSSR count). The van der Waals surface area contributed by atoms with Gasteiger partial charge in [-0.1, -0.05) is 54.9 Å². The monoisotopic (exact) mass is 416 g/mol. The van der Waals surface area contributed by atoms with Crippen LogP contribution in [0.25, 0.3) is 0 Å². The lowest BCUT2D eigenvalue weighted by Gasteiger charge is -2.26. The summed E-state index contributed by atoms with van der Waals surface area (Å²) in [6, 6.07) is 14.2. The number of carbonyl (C=O) groups excluding carboxylic acids is 2. The Bertz CT molecular complexity index is 807. The van der Waals surface area contributed by atoms with Crippen LogP contribution in [-0.4, -0.2) is 37.5 Å². The molecule has 0 aliphatic rings. The maximum absolute atomic E-state index is 12.6. The summed E-state index contributed by atoms with van der Waals surface area (Å²) in [4.78, 5) is 26.0. The van der Waals surface area contributed by atoms with Crippen LogP contribution in [0.3, 0.4) is 0 Å². The highest BCUT2D eigenvalue weighted by Crippen LogP contribution is 2.21. The summed E-state index contributed by atoms with van der Waals surface area (Å²) in [7, 11) is 3.96. The van der Waals surface area contributed by atoms with Gasteiger partial charge in [-0.2, -0.15) is 0 Å². The standard InChI is InChI=1S/C22H29ClN4O2/c1-4-15-5-7-17(8-6-15)20(27(2)3)14-25-21(28)13-19(26-22(24)29)16-9-11-18(23)12-10-16/h5-12,19-20H,4,13-14H2,1-3H3,(H,25,28)(H3,24,26,29). The molecule has 6 nitrogen and oxygen atoms in total. The van der Waals surface area contributed by atoms with E-state index in [0.29, 0.717) is 11.6 Å². The van der Waals surface area contributed by atoms with Crippen LogP contribution in [0.5, 0.6) is 0 Å². The SMILES string of the molecule is CCc1ccc(C(CNC(=O)CC(NC(N)=O)c2ccc(Cl)cc2)N(C)C)cc1. The summed E-state index contributed by atoms with van der Waals surface area (Å²) in [5.41, 5.74) is 8.46. The maximum atomic E-state index is 12.6. The van der Waals surface area contributed by atoms with Gasteiger partial charge in [0.1, 0.15) is 0 Å². The molecule has 0 aliphatic heterocycles. The van der Waals surface area contributed by atoms with Gasteiger partial charge in [0, 0.05) is 11.6 Å².